The second-order valence-corrected chi connectivity index (χ2v) is 4.94. The first-order valence-corrected chi connectivity index (χ1v) is 6.39. The SMILES string of the molecule is N[C@H](c1c(F)c(F)c(F)c(F)c1F)[C@@H](O)c1c(F)c(F)c(F)c(F)c1F. The van der Waals surface area contributed by atoms with Gasteiger partial charge in [0, 0.05) is 5.56 Å². The number of hydrogen-bond acceptors (Lipinski definition) is 2. The molecule has 0 aliphatic heterocycles. The van der Waals surface area contributed by atoms with Crippen LogP contribution in [-0.4, -0.2) is 5.11 Å². The van der Waals surface area contributed by atoms with E-state index in [4.69, 9.17) is 5.73 Å². The van der Waals surface area contributed by atoms with Crippen molar-refractivity contribution in [1.29, 1.82) is 0 Å². The molecule has 2 aromatic rings. The number of halogens is 10. The third-order valence-corrected chi connectivity index (χ3v) is 3.46. The Morgan fingerprint density at radius 3 is 1.00 bits per heavy atom. The Hall–Kier alpha value is -2.34. The van der Waals surface area contributed by atoms with Gasteiger partial charge in [0.25, 0.3) is 0 Å². The Bertz CT molecular complexity index is 769. The molecule has 0 saturated heterocycles. The van der Waals surface area contributed by atoms with Gasteiger partial charge in [-0.3, -0.25) is 0 Å². The third kappa shape index (κ3) is 2.78. The number of aliphatic hydroxyl groups excluding tert-OH is 1. The van der Waals surface area contributed by atoms with Gasteiger partial charge in [0.15, 0.2) is 46.5 Å². The summed E-state index contributed by atoms with van der Waals surface area (Å²) in [5.41, 5.74) is 1.17. The van der Waals surface area contributed by atoms with Gasteiger partial charge >= 0.3 is 0 Å². The minimum Gasteiger partial charge on any atom is -0.386 e. The summed E-state index contributed by atoms with van der Waals surface area (Å²) in [6, 6.07) is -2.77. The maximum Gasteiger partial charge on any atom is 0.200 e. The van der Waals surface area contributed by atoms with Crippen LogP contribution < -0.4 is 5.73 Å². The summed E-state index contributed by atoms with van der Waals surface area (Å²) in [6.07, 6.45) is -3.05. The van der Waals surface area contributed by atoms with Crippen molar-refractivity contribution in [3.63, 3.8) is 0 Å². The third-order valence-electron chi connectivity index (χ3n) is 3.46. The minimum absolute atomic E-state index is 1.90. The molecule has 0 amide bonds. The van der Waals surface area contributed by atoms with Gasteiger partial charge in [-0.15, -0.1) is 0 Å². The van der Waals surface area contributed by atoms with E-state index in [1.165, 1.54) is 0 Å². The molecule has 2 aromatic carbocycles. The van der Waals surface area contributed by atoms with E-state index < -0.39 is 81.4 Å². The van der Waals surface area contributed by atoms with E-state index in [1.807, 2.05) is 0 Å². The van der Waals surface area contributed by atoms with Crippen LogP contribution in [0.15, 0.2) is 0 Å². The Morgan fingerprint density at radius 2 is 0.692 bits per heavy atom. The fourth-order valence-electron chi connectivity index (χ4n) is 2.13. The Balaban J connectivity index is 2.69. The van der Waals surface area contributed by atoms with Crippen LogP contribution in [-0.2, 0) is 0 Å². The molecule has 0 aliphatic carbocycles. The van der Waals surface area contributed by atoms with E-state index in [0.29, 0.717) is 0 Å². The summed E-state index contributed by atoms with van der Waals surface area (Å²) >= 11 is 0. The molecular weight excluding hydrogens is 388 g/mol. The maximum absolute atomic E-state index is 13.6. The molecule has 0 aliphatic rings. The van der Waals surface area contributed by atoms with Gasteiger partial charge in [-0.1, -0.05) is 0 Å². The van der Waals surface area contributed by atoms with Gasteiger partial charge in [0.05, 0.1) is 11.6 Å². The van der Waals surface area contributed by atoms with Crippen molar-refractivity contribution in [2.24, 2.45) is 5.73 Å². The highest BCUT2D eigenvalue weighted by molar-refractivity contribution is 5.32. The predicted octanol–water partition coefficient (Wildman–Crippen LogP) is 3.81. The van der Waals surface area contributed by atoms with Gasteiger partial charge < -0.3 is 10.8 Å². The molecule has 3 N–H and O–H groups in total. The molecule has 26 heavy (non-hydrogen) atoms. The number of nitrogens with two attached hydrogens (primary N) is 1. The maximum atomic E-state index is 13.6. The molecule has 12 heteroatoms. The zero-order valence-electron chi connectivity index (χ0n) is 12.0. The molecule has 0 unspecified atom stereocenters. The minimum atomic E-state index is -3.05. The number of hydrogen-bond donors (Lipinski definition) is 2. The molecule has 142 valence electrons. The molecule has 0 heterocycles. The fraction of sp³-hybridized carbons (Fsp3) is 0.143. The smallest absolute Gasteiger partial charge is 0.200 e. The van der Waals surface area contributed by atoms with Gasteiger partial charge in [0.2, 0.25) is 11.6 Å². The average Bonchev–Trinajstić information content (AvgIpc) is 2.61. The Labute approximate surface area is 137 Å². The molecule has 0 bridgehead atoms. The highest BCUT2D eigenvalue weighted by Crippen LogP contribution is 2.37. The molecule has 0 radical (unpaired) electrons. The normalized spacial score (nSPS) is 13.8. The van der Waals surface area contributed by atoms with Crippen LogP contribution in [0.3, 0.4) is 0 Å². The van der Waals surface area contributed by atoms with E-state index in [-0.39, 0.29) is 0 Å². The second kappa shape index (κ2) is 6.76. The quantitative estimate of drug-likeness (QED) is 0.473. The molecule has 0 aromatic heterocycles. The van der Waals surface area contributed by atoms with Gasteiger partial charge in [-0.2, -0.15) is 0 Å². The Kier molecular flexibility index (Phi) is 5.19. The van der Waals surface area contributed by atoms with Crippen LogP contribution in [0, 0.1) is 58.2 Å². The lowest BCUT2D eigenvalue weighted by Gasteiger charge is -2.22. The van der Waals surface area contributed by atoms with Crippen LogP contribution in [0.1, 0.15) is 23.3 Å². The first-order chi connectivity index (χ1) is 11.9. The number of rotatable bonds is 3. The van der Waals surface area contributed by atoms with E-state index in [1.54, 1.807) is 0 Å². The van der Waals surface area contributed by atoms with E-state index in [0.717, 1.165) is 0 Å². The first kappa shape index (κ1) is 20.0. The molecule has 2 nitrogen and oxygen atoms in total. The average molecular weight is 393 g/mol. The van der Waals surface area contributed by atoms with Crippen LogP contribution in [0.25, 0.3) is 0 Å². The predicted molar refractivity (Wildman–Crippen MR) is 64.4 cm³/mol. The topological polar surface area (TPSA) is 46.2 Å². The van der Waals surface area contributed by atoms with Crippen LogP contribution in [0.5, 0.6) is 0 Å². The highest BCUT2D eigenvalue weighted by atomic mass is 19.2. The molecular formula is C14H5F10NO. The van der Waals surface area contributed by atoms with Crippen LogP contribution in [0.4, 0.5) is 43.9 Å². The van der Waals surface area contributed by atoms with Crippen molar-refractivity contribution in [3.05, 3.63) is 69.3 Å². The van der Waals surface area contributed by atoms with E-state index in [9.17, 15) is 49.0 Å². The molecule has 0 spiro atoms. The largest absolute Gasteiger partial charge is 0.386 e. The second-order valence-electron chi connectivity index (χ2n) is 4.94. The van der Waals surface area contributed by atoms with Crippen molar-refractivity contribution in [3.8, 4) is 0 Å². The lowest BCUT2D eigenvalue weighted by Crippen LogP contribution is -2.26. The summed E-state index contributed by atoms with van der Waals surface area (Å²) in [6.45, 7) is 0. The zero-order valence-corrected chi connectivity index (χ0v) is 12.0. The summed E-state index contributed by atoms with van der Waals surface area (Å²) in [7, 11) is 0. The van der Waals surface area contributed by atoms with Gasteiger partial charge in [-0.05, 0) is 0 Å². The van der Waals surface area contributed by atoms with Crippen LogP contribution in [0.2, 0.25) is 0 Å². The van der Waals surface area contributed by atoms with Crippen molar-refractivity contribution < 1.29 is 49.0 Å². The molecule has 0 saturated carbocycles. The van der Waals surface area contributed by atoms with Crippen molar-refractivity contribution in [1.82, 2.24) is 0 Å². The van der Waals surface area contributed by atoms with Gasteiger partial charge in [-0.25, -0.2) is 43.9 Å². The van der Waals surface area contributed by atoms with E-state index >= 15 is 0 Å². The standard InChI is InChI=1S/C14H5F10NO/c15-3-1(4(16)8(20)11(23)7(3)19)13(25)14(26)2-5(17)9(21)12(24)10(22)6(2)18/h13-14,26H,25H2/t13-,14+/m1/s1. The molecule has 2 atom stereocenters. The number of benzene rings is 2. The first-order valence-electron chi connectivity index (χ1n) is 6.39. The van der Waals surface area contributed by atoms with Crippen molar-refractivity contribution >= 4 is 0 Å². The highest BCUT2D eigenvalue weighted by Gasteiger charge is 2.37. The van der Waals surface area contributed by atoms with Gasteiger partial charge in [0.1, 0.15) is 6.10 Å². The summed E-state index contributed by atoms with van der Waals surface area (Å²) in [5, 5.41) is 9.71. The Morgan fingerprint density at radius 1 is 0.462 bits per heavy atom. The summed E-state index contributed by atoms with van der Waals surface area (Å²) in [4.78, 5) is 0. The molecule has 2 rings (SSSR count). The molecule has 0 fully saturated rings. The van der Waals surface area contributed by atoms with E-state index in [2.05, 4.69) is 0 Å². The number of aliphatic hydroxyl groups is 1. The van der Waals surface area contributed by atoms with Crippen molar-refractivity contribution in [2.45, 2.75) is 12.1 Å². The fourth-order valence-corrected chi connectivity index (χ4v) is 2.13. The lowest BCUT2D eigenvalue weighted by atomic mass is 9.94. The summed E-state index contributed by atoms with van der Waals surface area (Å²) in [5.74, 6) is -25.4. The van der Waals surface area contributed by atoms with Crippen LogP contribution >= 0.6 is 0 Å². The summed E-state index contributed by atoms with van der Waals surface area (Å²) < 4.78 is 133. The van der Waals surface area contributed by atoms with Crippen molar-refractivity contribution in [2.75, 3.05) is 0 Å². The zero-order chi connectivity index (χ0) is 20.1. The lowest BCUT2D eigenvalue weighted by molar-refractivity contribution is 0.129. The monoisotopic (exact) mass is 393 g/mol.